The lowest BCUT2D eigenvalue weighted by Crippen LogP contribution is -2.07. The van der Waals surface area contributed by atoms with E-state index in [9.17, 15) is 9.59 Å². The molecule has 0 aromatic heterocycles. The zero-order valence-electron chi connectivity index (χ0n) is 11.0. The van der Waals surface area contributed by atoms with Gasteiger partial charge in [0.25, 0.3) is 0 Å². The maximum absolute atomic E-state index is 11.4. The molecule has 18 heavy (non-hydrogen) atoms. The number of carbonyl (C=O) groups excluding carboxylic acids is 1. The molecule has 0 saturated heterocycles. The van der Waals surface area contributed by atoms with Crippen LogP contribution in [0.2, 0.25) is 0 Å². The van der Waals surface area contributed by atoms with Crippen LogP contribution in [0.25, 0.3) is 0 Å². The molecule has 0 aliphatic carbocycles. The molecule has 0 aliphatic rings. The fourth-order valence-electron chi connectivity index (χ4n) is 1.80. The topological polar surface area (TPSA) is 54.4 Å². The second-order valence-electron chi connectivity index (χ2n) is 4.59. The van der Waals surface area contributed by atoms with Crippen LogP contribution in [0.1, 0.15) is 50.2 Å². The highest BCUT2D eigenvalue weighted by molar-refractivity contribution is 5.78. The first kappa shape index (κ1) is 14.4. The van der Waals surface area contributed by atoms with E-state index in [1.807, 2.05) is 31.2 Å². The number of carboxylic acids is 1. The molecule has 1 N–H and O–H groups in total. The monoisotopic (exact) mass is 248 g/mol. The lowest BCUT2D eigenvalue weighted by atomic mass is 9.98. The van der Waals surface area contributed by atoms with E-state index in [1.54, 1.807) is 6.92 Å². The number of ketones is 1. The van der Waals surface area contributed by atoms with Crippen molar-refractivity contribution < 1.29 is 14.7 Å². The van der Waals surface area contributed by atoms with Gasteiger partial charge in [0.2, 0.25) is 0 Å². The zero-order chi connectivity index (χ0) is 13.5. The van der Waals surface area contributed by atoms with E-state index in [0.717, 1.165) is 24.0 Å². The van der Waals surface area contributed by atoms with Gasteiger partial charge in [0.1, 0.15) is 5.78 Å². The van der Waals surface area contributed by atoms with Crippen molar-refractivity contribution in [3.05, 3.63) is 35.4 Å². The van der Waals surface area contributed by atoms with E-state index in [4.69, 9.17) is 5.11 Å². The molecule has 1 atom stereocenters. The smallest absolute Gasteiger partial charge is 0.310 e. The number of aliphatic carboxylic acids is 1. The highest BCUT2D eigenvalue weighted by Gasteiger charge is 2.12. The van der Waals surface area contributed by atoms with Crippen molar-refractivity contribution in [2.75, 3.05) is 0 Å². The van der Waals surface area contributed by atoms with Crippen LogP contribution >= 0.6 is 0 Å². The fraction of sp³-hybridized carbons (Fsp3) is 0.467. The van der Waals surface area contributed by atoms with Crippen LogP contribution in [0, 0.1) is 0 Å². The lowest BCUT2D eigenvalue weighted by Gasteiger charge is -2.07. The summed E-state index contributed by atoms with van der Waals surface area (Å²) in [5.41, 5.74) is 1.88. The zero-order valence-corrected chi connectivity index (χ0v) is 11.0. The molecule has 0 fully saturated rings. The molecule has 1 aromatic carbocycles. The van der Waals surface area contributed by atoms with Gasteiger partial charge in [0.05, 0.1) is 5.92 Å². The van der Waals surface area contributed by atoms with Crippen LogP contribution in [-0.2, 0) is 16.0 Å². The molecule has 0 spiro atoms. The number of aryl methyl sites for hydroxylation is 1. The van der Waals surface area contributed by atoms with Gasteiger partial charge in [-0.2, -0.15) is 0 Å². The number of hydrogen-bond acceptors (Lipinski definition) is 2. The van der Waals surface area contributed by atoms with E-state index in [1.165, 1.54) is 0 Å². The van der Waals surface area contributed by atoms with Crippen LogP contribution < -0.4 is 0 Å². The molecule has 0 bridgehead atoms. The average molecular weight is 248 g/mol. The molecule has 3 nitrogen and oxygen atoms in total. The molecular formula is C15H20O3. The summed E-state index contributed by atoms with van der Waals surface area (Å²) in [6.45, 7) is 3.67. The lowest BCUT2D eigenvalue weighted by molar-refractivity contribution is -0.138. The first-order valence-electron chi connectivity index (χ1n) is 6.38. The Morgan fingerprint density at radius 3 is 2.28 bits per heavy atom. The summed E-state index contributed by atoms with van der Waals surface area (Å²) in [5, 5.41) is 8.90. The van der Waals surface area contributed by atoms with Gasteiger partial charge >= 0.3 is 5.97 Å². The molecule has 0 saturated carbocycles. The van der Waals surface area contributed by atoms with Crippen molar-refractivity contribution in [2.24, 2.45) is 0 Å². The average Bonchev–Trinajstić information content (AvgIpc) is 2.36. The summed E-state index contributed by atoms with van der Waals surface area (Å²) in [6, 6.07) is 7.48. The molecule has 1 rings (SSSR count). The molecule has 1 aromatic rings. The second-order valence-corrected chi connectivity index (χ2v) is 4.59. The third-order valence-corrected chi connectivity index (χ3v) is 3.07. The number of hydrogen-bond donors (Lipinski definition) is 1. The number of carboxylic acid groups (broad SMARTS) is 1. The van der Waals surface area contributed by atoms with E-state index < -0.39 is 11.9 Å². The van der Waals surface area contributed by atoms with Gasteiger partial charge in [0, 0.05) is 12.8 Å². The van der Waals surface area contributed by atoms with Crippen LogP contribution in [0.3, 0.4) is 0 Å². The molecule has 98 valence electrons. The van der Waals surface area contributed by atoms with Crippen molar-refractivity contribution >= 4 is 11.8 Å². The van der Waals surface area contributed by atoms with E-state index in [0.29, 0.717) is 18.6 Å². The van der Waals surface area contributed by atoms with Crippen molar-refractivity contribution in [3.63, 3.8) is 0 Å². The Balaban J connectivity index is 2.55. The van der Waals surface area contributed by atoms with Crippen LogP contribution in [0.5, 0.6) is 0 Å². The minimum Gasteiger partial charge on any atom is -0.481 e. The van der Waals surface area contributed by atoms with Gasteiger partial charge in [-0.15, -0.1) is 0 Å². The quantitative estimate of drug-likeness (QED) is 0.806. The summed E-state index contributed by atoms with van der Waals surface area (Å²) in [4.78, 5) is 22.2. The van der Waals surface area contributed by atoms with Crippen LogP contribution in [-0.4, -0.2) is 16.9 Å². The highest BCUT2D eigenvalue weighted by atomic mass is 16.4. The highest BCUT2D eigenvalue weighted by Crippen LogP contribution is 2.16. The summed E-state index contributed by atoms with van der Waals surface area (Å²) < 4.78 is 0. The molecule has 3 heteroatoms. The summed E-state index contributed by atoms with van der Waals surface area (Å²) in [5.74, 6) is -1.01. The molecule has 1 unspecified atom stereocenters. The van der Waals surface area contributed by atoms with Crippen LogP contribution in [0.15, 0.2) is 24.3 Å². The van der Waals surface area contributed by atoms with E-state index in [2.05, 4.69) is 0 Å². The third-order valence-electron chi connectivity index (χ3n) is 3.07. The first-order valence-corrected chi connectivity index (χ1v) is 6.38. The van der Waals surface area contributed by atoms with Gasteiger partial charge < -0.3 is 5.11 Å². The largest absolute Gasteiger partial charge is 0.481 e. The van der Waals surface area contributed by atoms with Gasteiger partial charge in [0.15, 0.2) is 0 Å². The Labute approximate surface area is 108 Å². The van der Waals surface area contributed by atoms with Gasteiger partial charge in [-0.3, -0.25) is 9.59 Å². The Hall–Kier alpha value is -1.64. The summed E-state index contributed by atoms with van der Waals surface area (Å²) >= 11 is 0. The minimum absolute atomic E-state index is 0.292. The Morgan fingerprint density at radius 2 is 1.78 bits per heavy atom. The Kier molecular flexibility index (Phi) is 5.56. The first-order chi connectivity index (χ1) is 8.54. The normalized spacial score (nSPS) is 12.1. The van der Waals surface area contributed by atoms with Gasteiger partial charge in [-0.1, -0.05) is 31.2 Å². The van der Waals surface area contributed by atoms with Crippen molar-refractivity contribution in [3.8, 4) is 0 Å². The number of rotatable bonds is 7. The number of Topliss-reactive ketones (excluding diaryl/α,β-unsaturated/α-hetero) is 1. The summed E-state index contributed by atoms with van der Waals surface area (Å²) in [6.07, 6.45) is 2.85. The van der Waals surface area contributed by atoms with E-state index in [-0.39, 0.29) is 0 Å². The van der Waals surface area contributed by atoms with Gasteiger partial charge in [-0.05, 0) is 30.9 Å². The number of benzene rings is 1. The van der Waals surface area contributed by atoms with Crippen LogP contribution in [0.4, 0.5) is 0 Å². The molecule has 0 amide bonds. The molecule has 0 aliphatic heterocycles. The Bertz CT molecular complexity index is 406. The minimum atomic E-state index is -0.819. The predicted molar refractivity (Wildman–Crippen MR) is 70.7 cm³/mol. The fourth-order valence-corrected chi connectivity index (χ4v) is 1.80. The van der Waals surface area contributed by atoms with Crippen molar-refractivity contribution in [2.45, 2.75) is 45.4 Å². The van der Waals surface area contributed by atoms with Crippen molar-refractivity contribution in [1.82, 2.24) is 0 Å². The molecular weight excluding hydrogens is 228 g/mol. The van der Waals surface area contributed by atoms with E-state index >= 15 is 0 Å². The second kappa shape index (κ2) is 6.94. The predicted octanol–water partition coefficient (Wildman–Crippen LogP) is 3.18. The maximum atomic E-state index is 11.4. The Morgan fingerprint density at radius 1 is 1.17 bits per heavy atom. The van der Waals surface area contributed by atoms with Crippen molar-refractivity contribution in [1.29, 1.82) is 0 Å². The molecule has 0 heterocycles. The maximum Gasteiger partial charge on any atom is 0.310 e. The number of carbonyl (C=O) groups is 2. The molecule has 0 radical (unpaired) electrons. The standard InChI is InChI=1S/C15H20O3/c1-3-4-14(16)10-7-12-5-8-13(9-6-12)11(2)15(17)18/h5-6,8-9,11H,3-4,7,10H2,1-2H3,(H,17,18). The van der Waals surface area contributed by atoms with Gasteiger partial charge in [-0.25, -0.2) is 0 Å². The summed E-state index contributed by atoms with van der Waals surface area (Å²) in [7, 11) is 0. The SMILES string of the molecule is CCCC(=O)CCc1ccc(C(C)C(=O)O)cc1. The third kappa shape index (κ3) is 4.32.